The van der Waals surface area contributed by atoms with Crippen LogP contribution in [0.5, 0.6) is 0 Å². The van der Waals surface area contributed by atoms with E-state index in [1.54, 1.807) is 0 Å². The smallest absolute Gasteiger partial charge is 0.208 e. The molecule has 0 spiro atoms. The maximum absolute atomic E-state index is 11.0. The molecule has 0 aromatic rings. The fourth-order valence-electron chi connectivity index (χ4n) is 1.98. The Morgan fingerprint density at radius 3 is 2.32 bits per heavy atom. The van der Waals surface area contributed by atoms with Crippen molar-refractivity contribution in [3.63, 3.8) is 0 Å². The molecule has 6 nitrogen and oxygen atoms in total. The number of sulfonamides is 1. The molecule has 0 atom stereocenters. The molecule has 0 fully saturated rings. The number of nitrogens with zero attached hydrogens (tertiary/aromatic N) is 1. The van der Waals surface area contributed by atoms with E-state index in [9.17, 15) is 8.42 Å². The van der Waals surface area contributed by atoms with Crippen molar-refractivity contribution in [2.45, 2.75) is 53.4 Å². The minimum atomic E-state index is -3.13. The molecule has 0 heterocycles. The lowest BCUT2D eigenvalue weighted by molar-refractivity contribution is 0.332. The van der Waals surface area contributed by atoms with Crippen LogP contribution in [0.1, 0.15) is 53.4 Å². The fourth-order valence-corrected chi connectivity index (χ4v) is 2.46. The summed E-state index contributed by atoms with van der Waals surface area (Å²) in [5.74, 6) is 0.737. The third kappa shape index (κ3) is 12.9. The van der Waals surface area contributed by atoms with Crippen LogP contribution in [0.2, 0.25) is 0 Å². The van der Waals surface area contributed by atoms with Gasteiger partial charge in [0.2, 0.25) is 10.0 Å². The van der Waals surface area contributed by atoms with Gasteiger partial charge in [-0.25, -0.2) is 13.1 Å². The molecule has 0 rings (SSSR count). The van der Waals surface area contributed by atoms with E-state index in [1.165, 1.54) is 25.7 Å². The molecule has 22 heavy (non-hydrogen) atoms. The highest BCUT2D eigenvalue weighted by Crippen LogP contribution is 2.23. The summed E-state index contributed by atoms with van der Waals surface area (Å²) < 4.78 is 24.5. The van der Waals surface area contributed by atoms with Crippen molar-refractivity contribution < 1.29 is 8.42 Å². The quantitative estimate of drug-likeness (QED) is 0.305. The molecule has 0 aliphatic heterocycles. The minimum absolute atomic E-state index is 0.183. The normalized spacial score (nSPS) is 13.2. The summed E-state index contributed by atoms with van der Waals surface area (Å²) in [5.41, 5.74) is 0.183. The molecule has 3 N–H and O–H groups in total. The molecule has 0 saturated heterocycles. The molecule has 0 aromatic carbocycles. The van der Waals surface area contributed by atoms with Gasteiger partial charge >= 0.3 is 0 Å². The zero-order valence-corrected chi connectivity index (χ0v) is 15.6. The Hall–Kier alpha value is -0.820. The van der Waals surface area contributed by atoms with E-state index in [4.69, 9.17) is 0 Å². The van der Waals surface area contributed by atoms with Crippen molar-refractivity contribution in [2.24, 2.45) is 10.4 Å². The SMILES string of the molecule is CCCCCC(C)(C)CN=C(NCC)NCCNS(C)(=O)=O. The third-order valence-corrected chi connectivity index (χ3v) is 3.98. The molecule has 0 saturated carbocycles. The highest BCUT2D eigenvalue weighted by molar-refractivity contribution is 7.88. The number of hydrogen-bond acceptors (Lipinski definition) is 3. The fraction of sp³-hybridized carbons (Fsp3) is 0.933. The lowest BCUT2D eigenvalue weighted by Crippen LogP contribution is -2.41. The standard InChI is InChI=1S/C15H34N4O2S/c1-6-8-9-10-15(3,4)13-18-14(16-7-2)17-11-12-19-22(5,20)21/h19H,6-13H2,1-5H3,(H2,16,17,18). The van der Waals surface area contributed by atoms with Gasteiger partial charge in [0, 0.05) is 26.2 Å². The van der Waals surface area contributed by atoms with Crippen molar-refractivity contribution in [1.29, 1.82) is 0 Å². The molecule has 0 bridgehead atoms. The zero-order chi connectivity index (χ0) is 17.1. The lowest BCUT2D eigenvalue weighted by Gasteiger charge is -2.23. The van der Waals surface area contributed by atoms with Gasteiger partial charge in [0.15, 0.2) is 5.96 Å². The number of aliphatic imine (C=N–C) groups is 1. The predicted molar refractivity (Wildman–Crippen MR) is 94.8 cm³/mol. The Morgan fingerprint density at radius 1 is 1.09 bits per heavy atom. The van der Waals surface area contributed by atoms with Crippen LogP contribution < -0.4 is 15.4 Å². The van der Waals surface area contributed by atoms with Gasteiger partial charge in [-0.1, -0.05) is 40.0 Å². The van der Waals surface area contributed by atoms with Crippen LogP contribution in [0.3, 0.4) is 0 Å². The van der Waals surface area contributed by atoms with E-state index < -0.39 is 10.0 Å². The summed E-state index contributed by atoms with van der Waals surface area (Å²) >= 11 is 0. The van der Waals surface area contributed by atoms with Crippen LogP contribution in [0.4, 0.5) is 0 Å². The molecule has 0 aromatic heterocycles. The van der Waals surface area contributed by atoms with Crippen molar-refractivity contribution in [3.8, 4) is 0 Å². The minimum Gasteiger partial charge on any atom is -0.357 e. The van der Waals surface area contributed by atoms with Crippen molar-refractivity contribution >= 4 is 16.0 Å². The highest BCUT2D eigenvalue weighted by atomic mass is 32.2. The Labute approximate surface area is 136 Å². The first kappa shape index (κ1) is 21.2. The molecule has 132 valence electrons. The lowest BCUT2D eigenvalue weighted by atomic mass is 9.87. The first-order valence-electron chi connectivity index (χ1n) is 8.17. The maximum atomic E-state index is 11.0. The molecular weight excluding hydrogens is 300 g/mol. The van der Waals surface area contributed by atoms with E-state index in [0.717, 1.165) is 25.3 Å². The van der Waals surface area contributed by atoms with Crippen LogP contribution in [0.15, 0.2) is 4.99 Å². The topological polar surface area (TPSA) is 82.6 Å². The number of guanidine groups is 1. The third-order valence-electron chi connectivity index (χ3n) is 3.25. The molecule has 7 heteroatoms. The van der Waals surface area contributed by atoms with Gasteiger partial charge in [0.05, 0.1) is 6.26 Å². The largest absolute Gasteiger partial charge is 0.357 e. The van der Waals surface area contributed by atoms with Gasteiger partial charge in [0.1, 0.15) is 0 Å². The van der Waals surface area contributed by atoms with Crippen LogP contribution in [-0.2, 0) is 10.0 Å². The Bertz CT molecular complexity index is 419. The van der Waals surface area contributed by atoms with Crippen LogP contribution in [0, 0.1) is 5.41 Å². The molecular formula is C15H34N4O2S. The molecule has 0 amide bonds. The van der Waals surface area contributed by atoms with Gasteiger partial charge in [-0.05, 0) is 18.8 Å². The summed E-state index contributed by atoms with van der Waals surface area (Å²) in [5, 5.41) is 6.33. The zero-order valence-electron chi connectivity index (χ0n) is 14.8. The number of unbranched alkanes of at least 4 members (excludes halogenated alkanes) is 2. The van der Waals surface area contributed by atoms with Gasteiger partial charge < -0.3 is 10.6 Å². The van der Waals surface area contributed by atoms with E-state index in [2.05, 4.69) is 41.1 Å². The molecule has 0 unspecified atom stereocenters. The van der Waals surface area contributed by atoms with Gasteiger partial charge in [-0.15, -0.1) is 0 Å². The highest BCUT2D eigenvalue weighted by Gasteiger charge is 2.17. The summed E-state index contributed by atoms with van der Waals surface area (Å²) in [6.45, 7) is 11.1. The molecule has 0 aliphatic rings. The number of nitrogens with one attached hydrogen (secondary N) is 3. The van der Waals surface area contributed by atoms with Crippen molar-refractivity contribution in [1.82, 2.24) is 15.4 Å². The summed E-state index contributed by atoms with van der Waals surface area (Å²) in [7, 11) is -3.13. The summed E-state index contributed by atoms with van der Waals surface area (Å²) in [6, 6.07) is 0. The summed E-state index contributed by atoms with van der Waals surface area (Å²) in [6.07, 6.45) is 6.06. The summed E-state index contributed by atoms with van der Waals surface area (Å²) in [4.78, 5) is 4.62. The van der Waals surface area contributed by atoms with Crippen LogP contribution in [-0.4, -0.2) is 46.8 Å². The second-order valence-corrected chi connectivity index (χ2v) is 8.24. The average molecular weight is 335 g/mol. The van der Waals surface area contributed by atoms with Crippen LogP contribution >= 0.6 is 0 Å². The molecule has 0 radical (unpaired) electrons. The van der Waals surface area contributed by atoms with Gasteiger partial charge in [-0.2, -0.15) is 0 Å². The second-order valence-electron chi connectivity index (χ2n) is 6.41. The Kier molecular flexibility index (Phi) is 10.4. The van der Waals surface area contributed by atoms with Crippen LogP contribution in [0.25, 0.3) is 0 Å². The maximum Gasteiger partial charge on any atom is 0.208 e. The average Bonchev–Trinajstić information content (AvgIpc) is 2.40. The first-order valence-corrected chi connectivity index (χ1v) is 10.1. The van der Waals surface area contributed by atoms with Crippen molar-refractivity contribution in [2.75, 3.05) is 32.4 Å². The van der Waals surface area contributed by atoms with E-state index in [1.807, 2.05) is 6.92 Å². The Morgan fingerprint density at radius 2 is 1.77 bits per heavy atom. The van der Waals surface area contributed by atoms with E-state index in [0.29, 0.717) is 13.1 Å². The predicted octanol–water partition coefficient (Wildman–Crippen LogP) is 1.70. The van der Waals surface area contributed by atoms with E-state index >= 15 is 0 Å². The number of rotatable bonds is 11. The van der Waals surface area contributed by atoms with Gasteiger partial charge in [0.25, 0.3) is 0 Å². The Balaban J connectivity index is 4.29. The second kappa shape index (κ2) is 10.8. The first-order chi connectivity index (χ1) is 10.2. The van der Waals surface area contributed by atoms with E-state index in [-0.39, 0.29) is 5.41 Å². The van der Waals surface area contributed by atoms with Crippen molar-refractivity contribution in [3.05, 3.63) is 0 Å². The monoisotopic (exact) mass is 334 g/mol. The number of hydrogen-bond donors (Lipinski definition) is 3. The molecule has 0 aliphatic carbocycles. The van der Waals surface area contributed by atoms with Gasteiger partial charge in [-0.3, -0.25) is 4.99 Å².